The van der Waals surface area contributed by atoms with Gasteiger partial charge in [-0.25, -0.2) is 13.1 Å². The summed E-state index contributed by atoms with van der Waals surface area (Å²) >= 11 is 0. The summed E-state index contributed by atoms with van der Waals surface area (Å²) in [6, 6.07) is 5.58. The number of hydrogen-bond donors (Lipinski definition) is 3. The van der Waals surface area contributed by atoms with Crippen LogP contribution in [0.15, 0.2) is 29.2 Å². The summed E-state index contributed by atoms with van der Waals surface area (Å²) in [6.07, 6.45) is 0.818. The van der Waals surface area contributed by atoms with Crippen LogP contribution in [0.4, 0.5) is 0 Å². The van der Waals surface area contributed by atoms with Crippen LogP contribution in [0, 0.1) is 5.92 Å². The molecule has 1 rings (SSSR count). The number of nitrogens with two attached hydrogens (primary N) is 1. The van der Waals surface area contributed by atoms with Crippen molar-refractivity contribution < 1.29 is 13.2 Å². The van der Waals surface area contributed by atoms with Crippen molar-refractivity contribution in [3.05, 3.63) is 29.8 Å². The second kappa shape index (κ2) is 9.22. The average molecular weight is 364 g/mol. The molecule has 132 valence electrons. The van der Waals surface area contributed by atoms with Crippen LogP contribution in [0.5, 0.6) is 0 Å². The van der Waals surface area contributed by atoms with Gasteiger partial charge in [-0.1, -0.05) is 32.4 Å². The van der Waals surface area contributed by atoms with E-state index >= 15 is 0 Å². The van der Waals surface area contributed by atoms with Crippen molar-refractivity contribution in [3.8, 4) is 0 Å². The van der Waals surface area contributed by atoms with Crippen molar-refractivity contribution in [3.63, 3.8) is 0 Å². The predicted octanol–water partition coefficient (Wildman–Crippen LogP) is 1.57. The molecule has 3 atom stereocenters. The zero-order valence-corrected chi connectivity index (χ0v) is 15.5. The largest absolute Gasteiger partial charge is 0.348 e. The van der Waals surface area contributed by atoms with Crippen molar-refractivity contribution in [1.82, 2.24) is 10.0 Å². The number of rotatable bonds is 7. The molecule has 8 heteroatoms. The van der Waals surface area contributed by atoms with E-state index in [-0.39, 0.29) is 35.2 Å². The molecule has 0 aliphatic heterocycles. The summed E-state index contributed by atoms with van der Waals surface area (Å²) in [5, 5.41) is 2.83. The molecule has 6 nitrogen and oxygen atoms in total. The molecule has 0 aromatic heterocycles. The fourth-order valence-corrected chi connectivity index (χ4v) is 2.76. The van der Waals surface area contributed by atoms with Crippen molar-refractivity contribution in [2.45, 2.75) is 44.2 Å². The number of halogens is 1. The van der Waals surface area contributed by atoms with Crippen molar-refractivity contribution in [2.24, 2.45) is 11.7 Å². The lowest BCUT2D eigenvalue weighted by Crippen LogP contribution is -2.45. The highest BCUT2D eigenvalue weighted by Crippen LogP contribution is 2.18. The molecule has 0 aliphatic carbocycles. The van der Waals surface area contributed by atoms with Gasteiger partial charge in [0.2, 0.25) is 15.9 Å². The van der Waals surface area contributed by atoms with Crippen LogP contribution in [0.2, 0.25) is 0 Å². The fourth-order valence-electron chi connectivity index (χ4n) is 1.97. The summed E-state index contributed by atoms with van der Waals surface area (Å²) in [4.78, 5) is 12.3. The highest BCUT2D eigenvalue weighted by Gasteiger charge is 2.22. The van der Waals surface area contributed by atoms with Crippen LogP contribution in [0.25, 0.3) is 0 Å². The molecule has 1 aromatic carbocycles. The van der Waals surface area contributed by atoms with E-state index in [0.717, 1.165) is 6.42 Å². The lowest BCUT2D eigenvalue weighted by Gasteiger charge is -2.21. The van der Waals surface area contributed by atoms with E-state index in [9.17, 15) is 13.2 Å². The van der Waals surface area contributed by atoms with E-state index in [1.54, 1.807) is 25.1 Å². The van der Waals surface area contributed by atoms with Crippen molar-refractivity contribution >= 4 is 28.3 Å². The molecule has 0 spiro atoms. The van der Waals surface area contributed by atoms with E-state index in [1.807, 2.05) is 13.8 Å². The van der Waals surface area contributed by atoms with Gasteiger partial charge in [-0.3, -0.25) is 4.79 Å². The molecule has 1 amide bonds. The van der Waals surface area contributed by atoms with Gasteiger partial charge in [-0.05, 0) is 37.6 Å². The first-order valence-electron chi connectivity index (χ1n) is 7.32. The highest BCUT2D eigenvalue weighted by molar-refractivity contribution is 7.89. The Hall–Kier alpha value is -1.15. The maximum absolute atomic E-state index is 12.1. The van der Waals surface area contributed by atoms with Crippen LogP contribution in [0.3, 0.4) is 0 Å². The molecule has 4 N–H and O–H groups in total. The van der Waals surface area contributed by atoms with Crippen LogP contribution in [-0.2, 0) is 14.8 Å². The first kappa shape index (κ1) is 21.9. The fraction of sp³-hybridized carbons (Fsp3) is 0.533. The van der Waals surface area contributed by atoms with Gasteiger partial charge in [0.05, 0.1) is 17.0 Å². The maximum Gasteiger partial charge on any atom is 0.240 e. The normalized spacial score (nSPS) is 15.2. The topological polar surface area (TPSA) is 101 Å². The third-order valence-corrected chi connectivity index (χ3v) is 5.27. The Morgan fingerprint density at radius 3 is 2.43 bits per heavy atom. The SMILES string of the molecule is CCC(C)C(N)C(=O)NC(C)c1cccc(S(=O)(=O)NC)c1.Cl. The summed E-state index contributed by atoms with van der Waals surface area (Å²) in [7, 11) is -2.14. The van der Waals surface area contributed by atoms with Gasteiger partial charge in [-0.2, -0.15) is 0 Å². The monoisotopic (exact) mass is 363 g/mol. The molecule has 0 saturated heterocycles. The van der Waals surface area contributed by atoms with Crippen molar-refractivity contribution in [2.75, 3.05) is 7.05 Å². The smallest absolute Gasteiger partial charge is 0.240 e. The molecule has 23 heavy (non-hydrogen) atoms. The Morgan fingerprint density at radius 2 is 1.91 bits per heavy atom. The van der Waals surface area contributed by atoms with E-state index in [1.165, 1.54) is 13.1 Å². The molecular weight excluding hydrogens is 338 g/mol. The summed E-state index contributed by atoms with van der Waals surface area (Å²) in [5.74, 6) is -0.146. The molecule has 0 saturated carbocycles. The van der Waals surface area contributed by atoms with Gasteiger partial charge in [0, 0.05) is 0 Å². The minimum atomic E-state index is -3.50. The van der Waals surface area contributed by atoms with Gasteiger partial charge >= 0.3 is 0 Å². The molecular formula is C15H26ClN3O3S. The van der Waals surface area contributed by atoms with Gasteiger partial charge in [-0.15, -0.1) is 12.4 Å². The number of sulfonamides is 1. The molecule has 0 radical (unpaired) electrons. The molecule has 0 aliphatic rings. The Morgan fingerprint density at radius 1 is 1.30 bits per heavy atom. The minimum Gasteiger partial charge on any atom is -0.348 e. The molecule has 0 bridgehead atoms. The summed E-state index contributed by atoms with van der Waals surface area (Å²) in [5.41, 5.74) is 6.61. The van der Waals surface area contributed by atoms with Crippen LogP contribution >= 0.6 is 12.4 Å². The summed E-state index contributed by atoms with van der Waals surface area (Å²) in [6.45, 7) is 5.70. The van der Waals surface area contributed by atoms with Gasteiger partial charge in [0.25, 0.3) is 0 Å². The second-order valence-corrected chi connectivity index (χ2v) is 7.31. The lowest BCUT2D eigenvalue weighted by molar-refractivity contribution is -0.124. The summed E-state index contributed by atoms with van der Waals surface area (Å²) < 4.78 is 25.9. The molecule has 1 aromatic rings. The maximum atomic E-state index is 12.1. The Bertz CT molecular complexity index is 622. The van der Waals surface area contributed by atoms with E-state index in [4.69, 9.17) is 5.73 Å². The lowest BCUT2D eigenvalue weighted by atomic mass is 9.98. The van der Waals surface area contributed by atoms with E-state index in [2.05, 4.69) is 10.0 Å². The number of nitrogens with one attached hydrogen (secondary N) is 2. The zero-order valence-electron chi connectivity index (χ0n) is 13.9. The molecule has 0 heterocycles. The predicted molar refractivity (Wildman–Crippen MR) is 93.9 cm³/mol. The Kier molecular flexibility index (Phi) is 8.76. The van der Waals surface area contributed by atoms with Gasteiger partial charge < -0.3 is 11.1 Å². The van der Waals surface area contributed by atoms with Gasteiger partial charge in [0.15, 0.2) is 0 Å². The standard InChI is InChI=1S/C15H25N3O3S.ClH/c1-5-10(2)14(16)15(19)18-11(3)12-7-6-8-13(9-12)22(20,21)17-4;/h6-11,14,17H,5,16H2,1-4H3,(H,18,19);1H. The van der Waals surface area contributed by atoms with E-state index < -0.39 is 16.1 Å². The third kappa shape index (κ3) is 5.76. The second-order valence-electron chi connectivity index (χ2n) is 5.42. The first-order chi connectivity index (χ1) is 10.2. The number of carbonyl (C=O) groups is 1. The highest BCUT2D eigenvalue weighted by atomic mass is 35.5. The van der Waals surface area contributed by atoms with E-state index in [0.29, 0.717) is 5.56 Å². The number of carbonyl (C=O) groups excluding carboxylic acids is 1. The number of amides is 1. The third-order valence-electron chi connectivity index (χ3n) is 3.86. The van der Waals surface area contributed by atoms with Crippen LogP contribution in [0.1, 0.15) is 38.8 Å². The quantitative estimate of drug-likeness (QED) is 0.684. The number of benzene rings is 1. The van der Waals surface area contributed by atoms with Crippen LogP contribution in [-0.4, -0.2) is 27.4 Å². The molecule has 3 unspecified atom stereocenters. The first-order valence-corrected chi connectivity index (χ1v) is 8.80. The average Bonchev–Trinajstić information content (AvgIpc) is 2.53. The zero-order chi connectivity index (χ0) is 16.9. The van der Waals surface area contributed by atoms with Crippen LogP contribution < -0.4 is 15.8 Å². The van der Waals surface area contributed by atoms with Crippen molar-refractivity contribution in [1.29, 1.82) is 0 Å². The molecule has 0 fully saturated rings. The Balaban J connectivity index is 0.00000484. The number of hydrogen-bond acceptors (Lipinski definition) is 4. The minimum absolute atomic E-state index is 0. The Labute approximate surface area is 144 Å². The van der Waals surface area contributed by atoms with Gasteiger partial charge in [0.1, 0.15) is 0 Å².